The zero-order valence-electron chi connectivity index (χ0n) is 13.7. The van der Waals surface area contributed by atoms with Crippen LogP contribution in [0.3, 0.4) is 0 Å². The molecular weight excluding hydrogens is 306 g/mol. The van der Waals surface area contributed by atoms with E-state index in [0.717, 1.165) is 18.5 Å². The Labute approximate surface area is 140 Å². The summed E-state index contributed by atoms with van der Waals surface area (Å²) < 4.78 is 0. The first-order valence-corrected chi connectivity index (χ1v) is 8.05. The van der Waals surface area contributed by atoms with E-state index < -0.39 is 0 Å². The fourth-order valence-corrected chi connectivity index (χ4v) is 2.32. The van der Waals surface area contributed by atoms with Crippen LogP contribution in [-0.4, -0.2) is 28.2 Å². The Morgan fingerprint density at radius 3 is 2.33 bits per heavy atom. The normalized spacial score (nSPS) is 13.6. The predicted octanol–water partition coefficient (Wildman–Crippen LogP) is 3.07. The van der Waals surface area contributed by atoms with Gasteiger partial charge in [0.15, 0.2) is 5.69 Å². The van der Waals surface area contributed by atoms with E-state index in [0.29, 0.717) is 23.0 Å². The third-order valence-corrected chi connectivity index (χ3v) is 3.67. The maximum Gasteiger partial charge on any atom is 0.319 e. The van der Waals surface area contributed by atoms with Crippen molar-refractivity contribution in [2.45, 2.75) is 38.6 Å². The molecule has 0 unspecified atom stereocenters. The summed E-state index contributed by atoms with van der Waals surface area (Å²) in [7, 11) is 0. The number of hydrogen-bond acceptors (Lipinski definition) is 3. The first-order chi connectivity index (χ1) is 11.5. The number of carbonyl (C=O) groups excluding carboxylic acids is 2. The Kier molecular flexibility index (Phi) is 4.50. The van der Waals surface area contributed by atoms with Gasteiger partial charge in [0.25, 0.3) is 5.91 Å². The lowest BCUT2D eigenvalue weighted by molar-refractivity contribution is 0.102. The maximum atomic E-state index is 12.2. The van der Waals surface area contributed by atoms with Crippen molar-refractivity contribution in [1.29, 1.82) is 0 Å². The second-order valence-electron chi connectivity index (χ2n) is 6.27. The van der Waals surface area contributed by atoms with Gasteiger partial charge in [-0.2, -0.15) is 5.10 Å². The Hall–Kier alpha value is -2.83. The number of nitrogens with one attached hydrogen (secondary N) is 4. The average Bonchev–Trinajstić information content (AvgIpc) is 3.25. The molecule has 4 N–H and O–H groups in total. The molecule has 1 aromatic carbocycles. The lowest BCUT2D eigenvalue weighted by Gasteiger charge is -2.10. The van der Waals surface area contributed by atoms with Crippen LogP contribution in [-0.2, 0) is 0 Å². The van der Waals surface area contributed by atoms with Gasteiger partial charge in [0.1, 0.15) is 0 Å². The van der Waals surface area contributed by atoms with Crippen LogP contribution >= 0.6 is 0 Å². The van der Waals surface area contributed by atoms with Gasteiger partial charge >= 0.3 is 6.03 Å². The fraction of sp³-hybridized carbons (Fsp3) is 0.353. The summed E-state index contributed by atoms with van der Waals surface area (Å²) in [5.74, 6) is 0.276. The molecule has 0 aliphatic heterocycles. The Bertz CT molecular complexity index is 732. The van der Waals surface area contributed by atoms with Crippen molar-refractivity contribution < 1.29 is 9.59 Å². The molecule has 0 bridgehead atoms. The first kappa shape index (κ1) is 16.0. The molecule has 2 aromatic rings. The number of rotatable bonds is 5. The summed E-state index contributed by atoms with van der Waals surface area (Å²) >= 11 is 0. The second-order valence-corrected chi connectivity index (χ2v) is 6.27. The van der Waals surface area contributed by atoms with Gasteiger partial charge in [-0.05, 0) is 57.0 Å². The van der Waals surface area contributed by atoms with E-state index in [1.807, 2.05) is 13.8 Å². The number of anilines is 2. The number of benzene rings is 1. The molecule has 3 amide bonds. The van der Waals surface area contributed by atoms with Crippen LogP contribution in [0.5, 0.6) is 0 Å². The highest BCUT2D eigenvalue weighted by molar-refractivity contribution is 6.03. The van der Waals surface area contributed by atoms with Crippen molar-refractivity contribution in [2.24, 2.45) is 0 Å². The maximum absolute atomic E-state index is 12.2. The van der Waals surface area contributed by atoms with Crippen LogP contribution in [0.2, 0.25) is 0 Å². The molecular formula is C17H21N5O2. The number of hydrogen-bond donors (Lipinski definition) is 4. The fourth-order valence-electron chi connectivity index (χ4n) is 2.32. The largest absolute Gasteiger partial charge is 0.336 e. The minimum absolute atomic E-state index is 0.0675. The van der Waals surface area contributed by atoms with Crippen molar-refractivity contribution >= 4 is 23.3 Å². The minimum atomic E-state index is -0.258. The van der Waals surface area contributed by atoms with Gasteiger partial charge in [0, 0.05) is 29.0 Å². The Morgan fingerprint density at radius 2 is 1.75 bits per heavy atom. The van der Waals surface area contributed by atoms with E-state index in [4.69, 9.17) is 0 Å². The van der Waals surface area contributed by atoms with Crippen molar-refractivity contribution in [3.05, 3.63) is 41.7 Å². The smallest absolute Gasteiger partial charge is 0.319 e. The number of carbonyl (C=O) groups is 2. The number of urea groups is 1. The molecule has 0 saturated heterocycles. The van der Waals surface area contributed by atoms with Crippen LogP contribution in [0, 0.1) is 0 Å². The molecule has 1 aromatic heterocycles. The molecule has 0 spiro atoms. The minimum Gasteiger partial charge on any atom is -0.336 e. The molecule has 1 heterocycles. The Balaban J connectivity index is 1.56. The highest BCUT2D eigenvalue weighted by Crippen LogP contribution is 2.39. The van der Waals surface area contributed by atoms with Gasteiger partial charge in [-0.25, -0.2) is 4.79 Å². The summed E-state index contributed by atoms with van der Waals surface area (Å²) in [6.07, 6.45) is 2.31. The predicted molar refractivity (Wildman–Crippen MR) is 92.2 cm³/mol. The van der Waals surface area contributed by atoms with E-state index in [1.165, 1.54) is 0 Å². The van der Waals surface area contributed by atoms with Crippen molar-refractivity contribution in [3.8, 4) is 0 Å². The van der Waals surface area contributed by atoms with Crippen LogP contribution in [0.4, 0.5) is 16.2 Å². The molecule has 24 heavy (non-hydrogen) atoms. The van der Waals surface area contributed by atoms with Gasteiger partial charge in [0.2, 0.25) is 0 Å². The third kappa shape index (κ3) is 4.13. The zero-order valence-corrected chi connectivity index (χ0v) is 13.7. The molecule has 1 aliphatic rings. The molecule has 1 aliphatic carbocycles. The van der Waals surface area contributed by atoms with Crippen molar-refractivity contribution in [3.63, 3.8) is 0 Å². The summed E-state index contributed by atoms with van der Waals surface area (Å²) in [6.45, 7) is 3.78. The standard InChI is InChI=1S/C17H21N5O2/c1-10(2)18-17(24)20-13-7-5-12(6-8-13)19-16(23)15-9-14(21-22-15)11-3-4-11/h5-11H,3-4H2,1-2H3,(H,19,23)(H,21,22)(H2,18,20,24). The van der Waals surface area contributed by atoms with Crippen molar-refractivity contribution in [1.82, 2.24) is 15.5 Å². The van der Waals surface area contributed by atoms with Gasteiger partial charge in [-0.3, -0.25) is 9.89 Å². The molecule has 7 nitrogen and oxygen atoms in total. The van der Waals surface area contributed by atoms with Crippen LogP contribution in [0.1, 0.15) is 48.8 Å². The van der Waals surface area contributed by atoms with E-state index in [9.17, 15) is 9.59 Å². The topological polar surface area (TPSA) is 98.9 Å². The summed E-state index contributed by atoms with van der Waals surface area (Å²) in [4.78, 5) is 23.8. The summed E-state index contributed by atoms with van der Waals surface area (Å²) in [5, 5.41) is 15.2. The lowest BCUT2D eigenvalue weighted by Crippen LogP contribution is -2.34. The molecule has 0 radical (unpaired) electrons. The second kappa shape index (κ2) is 6.74. The molecule has 3 rings (SSSR count). The number of aromatic nitrogens is 2. The quantitative estimate of drug-likeness (QED) is 0.679. The monoisotopic (exact) mass is 327 g/mol. The molecule has 126 valence electrons. The molecule has 1 fully saturated rings. The highest BCUT2D eigenvalue weighted by atomic mass is 16.2. The number of H-pyrrole nitrogens is 1. The lowest BCUT2D eigenvalue weighted by atomic mass is 10.2. The van der Waals surface area contributed by atoms with Crippen LogP contribution in [0.15, 0.2) is 30.3 Å². The van der Waals surface area contributed by atoms with E-state index in [-0.39, 0.29) is 18.0 Å². The average molecular weight is 327 g/mol. The first-order valence-electron chi connectivity index (χ1n) is 8.05. The van der Waals surface area contributed by atoms with Crippen molar-refractivity contribution in [2.75, 3.05) is 10.6 Å². The number of aromatic amines is 1. The third-order valence-electron chi connectivity index (χ3n) is 3.67. The van der Waals surface area contributed by atoms with E-state index in [1.54, 1.807) is 30.3 Å². The van der Waals surface area contributed by atoms with Crippen LogP contribution in [0.25, 0.3) is 0 Å². The van der Waals surface area contributed by atoms with Gasteiger partial charge in [-0.1, -0.05) is 0 Å². The molecule has 0 atom stereocenters. The summed E-state index contributed by atoms with van der Waals surface area (Å²) in [5.41, 5.74) is 2.71. The van der Waals surface area contributed by atoms with Gasteiger partial charge in [0.05, 0.1) is 0 Å². The number of amides is 3. The van der Waals surface area contributed by atoms with Crippen LogP contribution < -0.4 is 16.0 Å². The highest BCUT2D eigenvalue weighted by Gasteiger charge is 2.26. The molecule has 7 heteroatoms. The van der Waals surface area contributed by atoms with E-state index in [2.05, 4.69) is 26.1 Å². The molecule has 1 saturated carbocycles. The summed E-state index contributed by atoms with van der Waals surface area (Å²) in [6, 6.07) is 8.54. The SMILES string of the molecule is CC(C)NC(=O)Nc1ccc(NC(=O)c2cc(C3CC3)[nH]n2)cc1. The number of nitrogens with zero attached hydrogens (tertiary/aromatic N) is 1. The van der Waals surface area contributed by atoms with Gasteiger partial charge in [-0.15, -0.1) is 0 Å². The zero-order chi connectivity index (χ0) is 17.1. The Morgan fingerprint density at radius 1 is 1.12 bits per heavy atom. The van der Waals surface area contributed by atoms with E-state index >= 15 is 0 Å². The van der Waals surface area contributed by atoms with Gasteiger partial charge < -0.3 is 16.0 Å².